The van der Waals surface area contributed by atoms with E-state index in [1.807, 2.05) is 0 Å². The van der Waals surface area contributed by atoms with Crippen LogP contribution in [0.5, 0.6) is 0 Å². The summed E-state index contributed by atoms with van der Waals surface area (Å²) in [6.45, 7) is 5.61. The molecule has 0 aliphatic rings. The maximum atomic E-state index is 7.18. The van der Waals surface area contributed by atoms with Gasteiger partial charge in [0.1, 0.15) is 11.9 Å². The average Bonchev–Trinajstić information content (AvgIpc) is 2.43. The molecular weight excluding hydrogens is 264 g/mol. The second-order valence-corrected chi connectivity index (χ2v) is 5.39. The highest BCUT2D eigenvalue weighted by Crippen LogP contribution is 2.08. The molecule has 0 N–H and O–H groups in total. The molecule has 0 unspecified atom stereocenters. The van der Waals surface area contributed by atoms with E-state index >= 15 is 0 Å². The van der Waals surface area contributed by atoms with E-state index < -0.39 is 0 Å². The molecule has 0 radical (unpaired) electrons. The zero-order chi connectivity index (χ0) is 15.1. The topological polar surface area (TPSA) is 27.7 Å². The Labute approximate surface area is 130 Å². The number of thiocyanates is 1. The largest absolute Gasteiger partial charge is 0.205 e. The fraction of sp³-hybridized carbons (Fsp3) is 0.647. The van der Waals surface area contributed by atoms with Crippen LogP contribution in [-0.4, -0.2) is 0 Å². The molecule has 0 bridgehead atoms. The number of aromatic nitrogens is 1. The van der Waals surface area contributed by atoms with Gasteiger partial charge in [0.15, 0.2) is 12.4 Å². The Balaban J connectivity index is 0.00000110. The molecule has 0 saturated carbocycles. The average molecular weight is 294 g/mol. The minimum absolute atomic E-state index is 1.18. The van der Waals surface area contributed by atoms with Crippen molar-refractivity contribution in [2.24, 2.45) is 0 Å². The van der Waals surface area contributed by atoms with E-state index in [1.165, 1.54) is 68.9 Å². The molecule has 1 aromatic heterocycles. The summed E-state index contributed by atoms with van der Waals surface area (Å²) in [5.41, 5.74) is 1.35. The van der Waals surface area contributed by atoms with Gasteiger partial charge in [-0.15, -0.1) is 0 Å². The molecule has 0 saturated heterocycles. The van der Waals surface area contributed by atoms with Crippen molar-refractivity contribution in [1.29, 1.82) is 5.26 Å². The number of nitrogens with zero attached hydrogens (tertiary/aromatic N) is 2. The van der Waals surface area contributed by atoms with Crippen LogP contribution in [0.1, 0.15) is 63.9 Å². The van der Waals surface area contributed by atoms with E-state index in [4.69, 9.17) is 5.26 Å². The fourth-order valence-electron chi connectivity index (χ4n) is 2.22. The first-order chi connectivity index (χ1) is 9.74. The summed E-state index contributed by atoms with van der Waals surface area (Å²) in [6, 6.07) is 4.30. The lowest BCUT2D eigenvalue weighted by atomic mass is 10.1. The van der Waals surface area contributed by atoms with Gasteiger partial charge in [-0.05, 0) is 19.4 Å². The molecule has 0 aliphatic carbocycles. The Hall–Kier alpha value is -1.01. The molecule has 1 aromatic rings. The molecule has 1 rings (SSSR count). The van der Waals surface area contributed by atoms with Crippen molar-refractivity contribution >= 4 is 12.6 Å². The predicted octanol–water partition coefficient (Wildman–Crippen LogP) is 4.82. The van der Waals surface area contributed by atoms with Gasteiger partial charge in [-0.25, -0.2) is 4.57 Å². The SMILES string of the molecule is CCCCCCCCCC[n+]1cccc(C)c1.N#CS. The number of pyridine rings is 1. The first-order valence-electron chi connectivity index (χ1n) is 7.73. The number of thiol groups is 1. The molecule has 112 valence electrons. The summed E-state index contributed by atoms with van der Waals surface area (Å²) >= 11 is 3.09. The maximum Gasteiger partial charge on any atom is 0.171 e. The molecule has 0 fully saturated rings. The number of rotatable bonds is 9. The van der Waals surface area contributed by atoms with E-state index in [1.54, 1.807) is 0 Å². The van der Waals surface area contributed by atoms with Gasteiger partial charge in [-0.3, -0.25) is 0 Å². The van der Waals surface area contributed by atoms with Crippen LogP contribution in [-0.2, 0) is 6.54 Å². The van der Waals surface area contributed by atoms with Gasteiger partial charge in [-0.2, -0.15) is 5.26 Å². The molecule has 0 aromatic carbocycles. The molecule has 0 aliphatic heterocycles. The Kier molecular flexibility index (Phi) is 13.7. The lowest BCUT2D eigenvalue weighted by Crippen LogP contribution is -2.32. The minimum Gasteiger partial charge on any atom is -0.205 e. The number of hydrogen-bond acceptors (Lipinski definition) is 2. The Bertz CT molecular complexity index is 371. The lowest BCUT2D eigenvalue weighted by molar-refractivity contribution is -0.697. The third-order valence-corrected chi connectivity index (χ3v) is 3.28. The van der Waals surface area contributed by atoms with Gasteiger partial charge in [0, 0.05) is 18.1 Å². The summed E-state index contributed by atoms with van der Waals surface area (Å²) in [7, 11) is 0. The third-order valence-electron chi connectivity index (χ3n) is 3.28. The monoisotopic (exact) mass is 293 g/mol. The maximum absolute atomic E-state index is 7.18. The highest BCUT2D eigenvalue weighted by Gasteiger charge is 1.99. The van der Waals surface area contributed by atoms with Crippen molar-refractivity contribution in [3.8, 4) is 5.40 Å². The quantitative estimate of drug-likeness (QED) is 0.300. The standard InChI is InChI=1S/C16H28N.CHNS/c1-3-4-5-6-7-8-9-10-13-17-14-11-12-16(2)15-17;2-1-3/h11-12,14-15H,3-10,13H2,1-2H3;3H/q+1;. The summed E-state index contributed by atoms with van der Waals surface area (Å²) in [5, 5.41) is 8.63. The van der Waals surface area contributed by atoms with Crippen LogP contribution in [0, 0.1) is 17.6 Å². The zero-order valence-corrected chi connectivity index (χ0v) is 13.9. The smallest absolute Gasteiger partial charge is 0.171 e. The van der Waals surface area contributed by atoms with E-state index in [0.29, 0.717) is 0 Å². The molecule has 20 heavy (non-hydrogen) atoms. The van der Waals surface area contributed by atoms with Crippen LogP contribution in [0.2, 0.25) is 0 Å². The van der Waals surface area contributed by atoms with Gasteiger partial charge >= 0.3 is 0 Å². The van der Waals surface area contributed by atoms with Crippen molar-refractivity contribution in [2.45, 2.75) is 71.8 Å². The first-order valence-corrected chi connectivity index (χ1v) is 8.18. The molecular formula is C17H29N2S+. The van der Waals surface area contributed by atoms with Crippen molar-refractivity contribution in [2.75, 3.05) is 0 Å². The number of unbranched alkanes of at least 4 members (excludes halogenated alkanes) is 7. The summed E-state index contributed by atoms with van der Waals surface area (Å²) in [6.07, 6.45) is 15.6. The first kappa shape index (κ1) is 19.0. The predicted molar refractivity (Wildman–Crippen MR) is 88.6 cm³/mol. The van der Waals surface area contributed by atoms with Crippen LogP contribution in [0.15, 0.2) is 24.5 Å². The number of hydrogen-bond donors (Lipinski definition) is 1. The van der Waals surface area contributed by atoms with Crippen LogP contribution in [0.3, 0.4) is 0 Å². The molecule has 0 amide bonds. The van der Waals surface area contributed by atoms with E-state index in [0.717, 1.165) is 0 Å². The molecule has 2 nitrogen and oxygen atoms in total. The minimum atomic E-state index is 1.18. The summed E-state index contributed by atoms with van der Waals surface area (Å²) in [4.78, 5) is 0. The fourth-order valence-corrected chi connectivity index (χ4v) is 2.22. The second kappa shape index (κ2) is 14.4. The summed E-state index contributed by atoms with van der Waals surface area (Å²) in [5.74, 6) is 0. The van der Waals surface area contributed by atoms with Gasteiger partial charge in [0.25, 0.3) is 0 Å². The van der Waals surface area contributed by atoms with Crippen LogP contribution < -0.4 is 4.57 Å². The second-order valence-electron chi connectivity index (χ2n) is 5.19. The van der Waals surface area contributed by atoms with Gasteiger partial charge in [-0.1, -0.05) is 58.1 Å². The van der Waals surface area contributed by atoms with Crippen molar-refractivity contribution in [3.63, 3.8) is 0 Å². The van der Waals surface area contributed by atoms with Crippen LogP contribution in [0.4, 0.5) is 0 Å². The van der Waals surface area contributed by atoms with Crippen LogP contribution >= 0.6 is 12.6 Å². The number of aryl methyl sites for hydroxylation is 2. The highest BCUT2D eigenvalue weighted by molar-refractivity contribution is 7.85. The highest BCUT2D eigenvalue weighted by atomic mass is 32.1. The molecule has 0 atom stereocenters. The van der Waals surface area contributed by atoms with Crippen LogP contribution in [0.25, 0.3) is 0 Å². The summed E-state index contributed by atoms with van der Waals surface area (Å²) < 4.78 is 2.31. The molecule has 0 spiro atoms. The Morgan fingerprint density at radius 1 is 1.10 bits per heavy atom. The van der Waals surface area contributed by atoms with Crippen molar-refractivity contribution in [3.05, 3.63) is 30.1 Å². The Morgan fingerprint density at radius 2 is 1.65 bits per heavy atom. The third kappa shape index (κ3) is 12.0. The Morgan fingerprint density at radius 3 is 2.20 bits per heavy atom. The van der Waals surface area contributed by atoms with Gasteiger partial charge in [0.2, 0.25) is 0 Å². The zero-order valence-electron chi connectivity index (χ0n) is 13.0. The molecule has 3 heteroatoms. The van der Waals surface area contributed by atoms with Gasteiger partial charge < -0.3 is 0 Å². The van der Waals surface area contributed by atoms with Gasteiger partial charge in [0.05, 0.1) is 0 Å². The van der Waals surface area contributed by atoms with E-state index in [-0.39, 0.29) is 0 Å². The van der Waals surface area contributed by atoms with E-state index in [9.17, 15) is 0 Å². The lowest BCUT2D eigenvalue weighted by Gasteiger charge is -2.00. The van der Waals surface area contributed by atoms with Crippen molar-refractivity contribution < 1.29 is 4.57 Å². The molecule has 1 heterocycles. The number of nitriles is 1. The van der Waals surface area contributed by atoms with E-state index in [2.05, 4.69) is 55.6 Å². The normalized spacial score (nSPS) is 9.50. The van der Waals surface area contributed by atoms with Crippen molar-refractivity contribution in [1.82, 2.24) is 0 Å².